The lowest BCUT2D eigenvalue weighted by molar-refractivity contribution is 0.807. The maximum Gasteiger partial charge on any atom is 0.154 e. The molecular weight excluding hydrogens is 256 g/mol. The van der Waals surface area contributed by atoms with E-state index in [1.165, 1.54) is 0 Å². The highest BCUT2D eigenvalue weighted by atomic mass is 32.1. The summed E-state index contributed by atoms with van der Waals surface area (Å²) in [5, 5.41) is 7.44. The van der Waals surface area contributed by atoms with Crippen LogP contribution in [-0.2, 0) is 0 Å². The van der Waals surface area contributed by atoms with E-state index < -0.39 is 0 Å². The van der Waals surface area contributed by atoms with Gasteiger partial charge in [-0.15, -0.1) is 11.3 Å². The van der Waals surface area contributed by atoms with Gasteiger partial charge in [0, 0.05) is 16.8 Å². The Bertz CT molecular complexity index is 727. The minimum Gasteiger partial charge on any atom is -0.240 e. The van der Waals surface area contributed by atoms with Gasteiger partial charge in [-0.1, -0.05) is 6.07 Å². The fourth-order valence-electron chi connectivity index (χ4n) is 1.99. The van der Waals surface area contributed by atoms with E-state index in [-0.39, 0.29) is 0 Å². The van der Waals surface area contributed by atoms with Crippen molar-refractivity contribution in [3.8, 4) is 16.5 Å². The van der Waals surface area contributed by atoms with E-state index in [9.17, 15) is 0 Å². The van der Waals surface area contributed by atoms with Crippen molar-refractivity contribution in [2.45, 2.75) is 20.8 Å². The van der Waals surface area contributed by atoms with Crippen LogP contribution in [0.1, 0.15) is 17.1 Å². The third-order valence-corrected chi connectivity index (χ3v) is 3.78. The molecule has 0 unspecified atom stereocenters. The van der Waals surface area contributed by atoms with E-state index in [0.717, 1.165) is 33.6 Å². The number of nitrogens with zero attached hydrogens (tertiary/aromatic N) is 4. The summed E-state index contributed by atoms with van der Waals surface area (Å²) in [7, 11) is 0. The van der Waals surface area contributed by atoms with E-state index in [4.69, 9.17) is 0 Å². The van der Waals surface area contributed by atoms with Crippen LogP contribution in [-0.4, -0.2) is 19.7 Å². The lowest BCUT2D eigenvalue weighted by atomic mass is 10.3. The van der Waals surface area contributed by atoms with Crippen LogP contribution < -0.4 is 0 Å². The molecule has 0 fully saturated rings. The molecule has 19 heavy (non-hydrogen) atoms. The van der Waals surface area contributed by atoms with Gasteiger partial charge in [0.25, 0.3) is 0 Å². The number of pyridine rings is 1. The van der Waals surface area contributed by atoms with Crippen molar-refractivity contribution in [3.63, 3.8) is 0 Å². The molecule has 0 amide bonds. The summed E-state index contributed by atoms with van der Waals surface area (Å²) in [5.74, 6) is 0.830. The normalized spacial score (nSPS) is 10.9. The van der Waals surface area contributed by atoms with Crippen molar-refractivity contribution in [1.82, 2.24) is 19.7 Å². The molecule has 3 aromatic heterocycles. The molecule has 3 rings (SSSR count). The number of aryl methyl sites for hydroxylation is 3. The second-order valence-electron chi connectivity index (χ2n) is 4.51. The lowest BCUT2D eigenvalue weighted by Gasteiger charge is -2.04. The topological polar surface area (TPSA) is 43.6 Å². The molecule has 4 nitrogen and oxygen atoms in total. The minimum absolute atomic E-state index is 0.830. The van der Waals surface area contributed by atoms with Crippen LogP contribution in [0.25, 0.3) is 16.5 Å². The van der Waals surface area contributed by atoms with Crippen molar-refractivity contribution in [1.29, 1.82) is 0 Å². The molecule has 3 heterocycles. The minimum atomic E-state index is 0.830. The average Bonchev–Trinajstić information content (AvgIpc) is 2.96. The summed E-state index contributed by atoms with van der Waals surface area (Å²) in [6, 6.07) is 7.98. The third-order valence-electron chi connectivity index (χ3n) is 2.80. The predicted molar refractivity (Wildman–Crippen MR) is 76.7 cm³/mol. The summed E-state index contributed by atoms with van der Waals surface area (Å²) in [6.07, 6.45) is 0. The van der Waals surface area contributed by atoms with Crippen molar-refractivity contribution in [2.24, 2.45) is 0 Å². The Labute approximate surface area is 115 Å². The van der Waals surface area contributed by atoms with Gasteiger partial charge in [0.1, 0.15) is 10.7 Å². The van der Waals surface area contributed by atoms with E-state index in [1.54, 1.807) is 11.3 Å². The second-order valence-corrected chi connectivity index (χ2v) is 5.37. The zero-order valence-corrected chi connectivity index (χ0v) is 11.9. The Hall–Kier alpha value is -2.01. The van der Waals surface area contributed by atoms with Gasteiger partial charge in [0.05, 0.1) is 5.69 Å². The van der Waals surface area contributed by atoms with Gasteiger partial charge in [0.15, 0.2) is 5.82 Å². The summed E-state index contributed by atoms with van der Waals surface area (Å²) in [4.78, 5) is 9.12. The number of rotatable bonds is 2. The van der Waals surface area contributed by atoms with E-state index in [0.29, 0.717) is 0 Å². The smallest absolute Gasteiger partial charge is 0.154 e. The molecule has 0 atom stereocenters. The zero-order chi connectivity index (χ0) is 13.4. The Morgan fingerprint density at radius 2 is 1.89 bits per heavy atom. The monoisotopic (exact) mass is 270 g/mol. The van der Waals surface area contributed by atoms with E-state index >= 15 is 0 Å². The molecule has 3 aromatic rings. The molecule has 0 aliphatic rings. The molecule has 0 radical (unpaired) electrons. The van der Waals surface area contributed by atoms with Crippen LogP contribution in [0, 0.1) is 20.8 Å². The molecule has 0 spiro atoms. The van der Waals surface area contributed by atoms with E-state index in [1.807, 2.05) is 55.1 Å². The van der Waals surface area contributed by atoms with E-state index in [2.05, 4.69) is 15.1 Å². The molecular formula is C14H14N4S. The first kappa shape index (κ1) is 12.0. The Morgan fingerprint density at radius 1 is 1.05 bits per heavy atom. The number of thiazole rings is 1. The highest BCUT2D eigenvalue weighted by Gasteiger charge is 2.08. The van der Waals surface area contributed by atoms with Crippen molar-refractivity contribution >= 4 is 11.3 Å². The van der Waals surface area contributed by atoms with Crippen LogP contribution in [0.3, 0.4) is 0 Å². The molecule has 0 aliphatic heterocycles. The van der Waals surface area contributed by atoms with Gasteiger partial charge >= 0.3 is 0 Å². The Morgan fingerprint density at radius 3 is 2.53 bits per heavy atom. The van der Waals surface area contributed by atoms with Crippen LogP contribution in [0.5, 0.6) is 0 Å². The first-order valence-electron chi connectivity index (χ1n) is 6.07. The Kier molecular flexibility index (Phi) is 2.91. The summed E-state index contributed by atoms with van der Waals surface area (Å²) >= 11 is 1.61. The predicted octanol–water partition coefficient (Wildman–Crippen LogP) is 3.32. The average molecular weight is 270 g/mol. The van der Waals surface area contributed by atoms with Gasteiger partial charge in [-0.2, -0.15) is 5.10 Å². The van der Waals surface area contributed by atoms with Crippen LogP contribution >= 0.6 is 11.3 Å². The SMILES string of the molecule is Cc1csc(-c2cccc(-n3nc(C)cc3C)n2)n1. The van der Waals surface area contributed by atoms with Crippen molar-refractivity contribution in [2.75, 3.05) is 0 Å². The summed E-state index contributed by atoms with van der Waals surface area (Å²) in [6.45, 7) is 6.00. The number of hydrogen-bond acceptors (Lipinski definition) is 4. The molecule has 0 aromatic carbocycles. The molecule has 0 saturated carbocycles. The van der Waals surface area contributed by atoms with Crippen LogP contribution in [0.15, 0.2) is 29.6 Å². The molecule has 0 N–H and O–H groups in total. The number of hydrogen-bond donors (Lipinski definition) is 0. The number of aromatic nitrogens is 4. The third kappa shape index (κ3) is 2.29. The molecule has 0 saturated heterocycles. The first-order chi connectivity index (χ1) is 9.13. The highest BCUT2D eigenvalue weighted by Crippen LogP contribution is 2.22. The zero-order valence-electron chi connectivity index (χ0n) is 11.1. The van der Waals surface area contributed by atoms with Gasteiger partial charge in [-0.05, 0) is 39.0 Å². The maximum absolute atomic E-state index is 4.65. The van der Waals surface area contributed by atoms with Crippen molar-refractivity contribution < 1.29 is 0 Å². The quantitative estimate of drug-likeness (QED) is 0.717. The van der Waals surface area contributed by atoms with Crippen LogP contribution in [0.2, 0.25) is 0 Å². The fraction of sp³-hybridized carbons (Fsp3) is 0.214. The van der Waals surface area contributed by atoms with Crippen molar-refractivity contribution in [3.05, 3.63) is 46.7 Å². The first-order valence-corrected chi connectivity index (χ1v) is 6.94. The van der Waals surface area contributed by atoms with Gasteiger partial charge in [-0.3, -0.25) is 0 Å². The summed E-state index contributed by atoms with van der Waals surface area (Å²) in [5.41, 5.74) is 3.99. The molecule has 96 valence electrons. The molecule has 5 heteroatoms. The lowest BCUT2D eigenvalue weighted by Crippen LogP contribution is -2.02. The highest BCUT2D eigenvalue weighted by molar-refractivity contribution is 7.13. The van der Waals surface area contributed by atoms with Gasteiger partial charge in [-0.25, -0.2) is 14.6 Å². The Balaban J connectivity index is 2.07. The standard InChI is InChI=1S/C14H14N4S/c1-9-7-11(3)18(17-9)13-6-4-5-12(16-13)14-15-10(2)8-19-14/h4-8H,1-3H3. The molecule has 0 bridgehead atoms. The maximum atomic E-state index is 4.65. The summed E-state index contributed by atoms with van der Waals surface area (Å²) < 4.78 is 1.86. The van der Waals surface area contributed by atoms with Crippen LogP contribution in [0.4, 0.5) is 0 Å². The second kappa shape index (κ2) is 4.59. The van der Waals surface area contributed by atoms with Gasteiger partial charge in [0.2, 0.25) is 0 Å². The largest absolute Gasteiger partial charge is 0.240 e. The fourth-order valence-corrected chi connectivity index (χ4v) is 2.76. The van der Waals surface area contributed by atoms with Gasteiger partial charge < -0.3 is 0 Å². The molecule has 0 aliphatic carbocycles.